The zero-order chi connectivity index (χ0) is 10.8. The number of hydrogen-bond acceptors (Lipinski definition) is 6. The second kappa shape index (κ2) is 3.68. The molecule has 1 aliphatic carbocycles. The van der Waals surface area contributed by atoms with Gasteiger partial charge in [0.1, 0.15) is 5.92 Å². The number of rotatable bonds is 4. The minimum Gasteiger partial charge on any atom is -0.457 e. The molecule has 0 aromatic carbocycles. The van der Waals surface area contributed by atoms with Crippen molar-refractivity contribution in [3.63, 3.8) is 0 Å². The van der Waals surface area contributed by atoms with Gasteiger partial charge in [0.2, 0.25) is 6.04 Å². The number of aromatic nitrogens is 1. The van der Waals surface area contributed by atoms with Crippen LogP contribution >= 0.6 is 0 Å². The van der Waals surface area contributed by atoms with Crippen LogP contribution in [-0.4, -0.2) is 22.1 Å². The standard InChI is InChI=1S/C8H8N2O5/c11-8(6-3-7(6)10(12)13)14-4-5-1-2-9-15-5/h1-2,6-7H,3-4H2/t6-,7-/m0/s1. The highest BCUT2D eigenvalue weighted by Crippen LogP contribution is 2.34. The summed E-state index contributed by atoms with van der Waals surface area (Å²) in [5.74, 6) is -0.724. The van der Waals surface area contributed by atoms with Crippen LogP contribution in [0.4, 0.5) is 0 Å². The number of carbonyl (C=O) groups excluding carboxylic acids is 1. The van der Waals surface area contributed by atoms with Gasteiger partial charge in [0, 0.05) is 17.4 Å². The van der Waals surface area contributed by atoms with Crippen molar-refractivity contribution in [1.82, 2.24) is 5.16 Å². The molecule has 15 heavy (non-hydrogen) atoms. The molecule has 0 bridgehead atoms. The van der Waals surface area contributed by atoms with Crippen molar-refractivity contribution in [3.05, 3.63) is 28.1 Å². The quantitative estimate of drug-likeness (QED) is 0.406. The minimum atomic E-state index is -0.771. The van der Waals surface area contributed by atoms with E-state index in [0.29, 0.717) is 5.76 Å². The molecule has 0 N–H and O–H groups in total. The van der Waals surface area contributed by atoms with Crippen molar-refractivity contribution in [3.8, 4) is 0 Å². The Morgan fingerprint density at radius 1 is 1.80 bits per heavy atom. The van der Waals surface area contributed by atoms with Gasteiger partial charge in [-0.2, -0.15) is 0 Å². The van der Waals surface area contributed by atoms with Gasteiger partial charge in [-0.3, -0.25) is 14.9 Å². The molecule has 0 aliphatic heterocycles. The molecular formula is C8H8N2O5. The molecule has 1 aromatic heterocycles. The maximum Gasteiger partial charge on any atom is 0.316 e. The van der Waals surface area contributed by atoms with Gasteiger partial charge in [-0.1, -0.05) is 5.16 Å². The highest BCUT2D eigenvalue weighted by Gasteiger charge is 2.54. The lowest BCUT2D eigenvalue weighted by Gasteiger charge is -1.99. The minimum absolute atomic E-state index is 0.0280. The molecule has 7 nitrogen and oxygen atoms in total. The van der Waals surface area contributed by atoms with E-state index < -0.39 is 22.9 Å². The molecule has 1 aromatic rings. The summed E-state index contributed by atoms with van der Waals surface area (Å²) in [6, 6.07) is 0.790. The molecule has 1 aliphatic rings. The number of hydrogen-bond donors (Lipinski definition) is 0. The molecule has 0 saturated heterocycles. The van der Waals surface area contributed by atoms with Crippen molar-refractivity contribution in [2.45, 2.75) is 19.1 Å². The van der Waals surface area contributed by atoms with E-state index in [1.54, 1.807) is 6.07 Å². The first-order valence-corrected chi connectivity index (χ1v) is 4.38. The molecule has 0 spiro atoms. The maximum absolute atomic E-state index is 11.2. The fraction of sp³-hybridized carbons (Fsp3) is 0.500. The topological polar surface area (TPSA) is 95.5 Å². The van der Waals surface area contributed by atoms with Crippen molar-refractivity contribution in [2.24, 2.45) is 5.92 Å². The van der Waals surface area contributed by atoms with Gasteiger partial charge in [0.25, 0.3) is 0 Å². The molecule has 1 saturated carbocycles. The maximum atomic E-state index is 11.2. The van der Waals surface area contributed by atoms with E-state index in [1.807, 2.05) is 0 Å². The number of nitro groups is 1. The van der Waals surface area contributed by atoms with E-state index in [0.717, 1.165) is 0 Å². The second-order valence-corrected chi connectivity index (χ2v) is 3.28. The molecule has 7 heteroatoms. The van der Waals surface area contributed by atoms with Gasteiger partial charge in [-0.15, -0.1) is 0 Å². The van der Waals surface area contributed by atoms with E-state index >= 15 is 0 Å². The molecule has 80 valence electrons. The smallest absolute Gasteiger partial charge is 0.316 e. The predicted octanol–water partition coefficient (Wildman–Crippen LogP) is 0.383. The van der Waals surface area contributed by atoms with E-state index in [-0.39, 0.29) is 13.0 Å². The summed E-state index contributed by atoms with van der Waals surface area (Å²) in [6.07, 6.45) is 1.70. The summed E-state index contributed by atoms with van der Waals surface area (Å²) in [5, 5.41) is 13.7. The second-order valence-electron chi connectivity index (χ2n) is 3.28. The molecule has 0 amide bonds. The monoisotopic (exact) mass is 212 g/mol. The van der Waals surface area contributed by atoms with Crippen LogP contribution in [0.25, 0.3) is 0 Å². The molecule has 1 fully saturated rings. The van der Waals surface area contributed by atoms with Crippen molar-refractivity contribution >= 4 is 5.97 Å². The lowest BCUT2D eigenvalue weighted by Crippen LogP contribution is -2.13. The largest absolute Gasteiger partial charge is 0.457 e. The van der Waals surface area contributed by atoms with Gasteiger partial charge in [0.15, 0.2) is 12.4 Å². The van der Waals surface area contributed by atoms with Crippen LogP contribution in [0.1, 0.15) is 12.2 Å². The highest BCUT2D eigenvalue weighted by molar-refractivity contribution is 5.76. The Hall–Kier alpha value is -1.92. The average molecular weight is 212 g/mol. The third-order valence-electron chi connectivity index (χ3n) is 2.18. The van der Waals surface area contributed by atoms with Gasteiger partial charge < -0.3 is 9.26 Å². The number of esters is 1. The normalized spacial score (nSPS) is 23.5. The molecule has 0 radical (unpaired) electrons. The Balaban J connectivity index is 1.77. The van der Waals surface area contributed by atoms with Crippen molar-refractivity contribution in [2.75, 3.05) is 0 Å². The van der Waals surface area contributed by atoms with Crippen LogP contribution in [0.3, 0.4) is 0 Å². The lowest BCUT2D eigenvalue weighted by atomic mass is 10.4. The SMILES string of the molecule is O=C(OCc1ccno1)[C@H]1C[C@@H]1[N+](=O)[O-]. The van der Waals surface area contributed by atoms with Gasteiger partial charge >= 0.3 is 5.97 Å². The Labute approximate surface area is 84.1 Å². The molecule has 0 unspecified atom stereocenters. The van der Waals surface area contributed by atoms with E-state index in [1.165, 1.54) is 6.20 Å². The van der Waals surface area contributed by atoms with Crippen LogP contribution in [0.15, 0.2) is 16.8 Å². The highest BCUT2D eigenvalue weighted by atomic mass is 16.6. The summed E-state index contributed by atoms with van der Waals surface area (Å²) in [7, 11) is 0. The summed E-state index contributed by atoms with van der Waals surface area (Å²) >= 11 is 0. The van der Waals surface area contributed by atoms with E-state index in [4.69, 9.17) is 9.26 Å². The molecule has 1 heterocycles. The van der Waals surface area contributed by atoms with Crippen LogP contribution in [0.5, 0.6) is 0 Å². The van der Waals surface area contributed by atoms with Crippen molar-refractivity contribution in [1.29, 1.82) is 0 Å². The van der Waals surface area contributed by atoms with E-state index in [2.05, 4.69) is 5.16 Å². The summed E-state index contributed by atoms with van der Waals surface area (Å²) in [4.78, 5) is 21.0. The van der Waals surface area contributed by atoms with Gasteiger partial charge in [0.05, 0.1) is 6.20 Å². The van der Waals surface area contributed by atoms with Crippen molar-refractivity contribution < 1.29 is 19.0 Å². The summed E-state index contributed by atoms with van der Waals surface area (Å²) < 4.78 is 9.51. The zero-order valence-electron chi connectivity index (χ0n) is 7.66. The fourth-order valence-corrected chi connectivity index (χ4v) is 1.23. The van der Waals surface area contributed by atoms with Gasteiger partial charge in [-0.25, -0.2) is 0 Å². The first-order chi connectivity index (χ1) is 7.18. The summed E-state index contributed by atoms with van der Waals surface area (Å²) in [6.45, 7) is -0.0280. The van der Waals surface area contributed by atoms with Crippen LogP contribution in [0.2, 0.25) is 0 Å². The Morgan fingerprint density at radius 3 is 3.13 bits per heavy atom. The Morgan fingerprint density at radius 2 is 2.60 bits per heavy atom. The average Bonchev–Trinajstić information content (AvgIpc) is 2.85. The third-order valence-corrected chi connectivity index (χ3v) is 2.18. The van der Waals surface area contributed by atoms with Gasteiger partial charge in [-0.05, 0) is 0 Å². The zero-order valence-corrected chi connectivity index (χ0v) is 7.66. The first-order valence-electron chi connectivity index (χ1n) is 4.38. The lowest BCUT2D eigenvalue weighted by molar-refractivity contribution is -0.497. The third kappa shape index (κ3) is 2.12. The molecule has 2 rings (SSSR count). The van der Waals surface area contributed by atoms with E-state index in [9.17, 15) is 14.9 Å². The number of carbonyl (C=O) groups is 1. The predicted molar refractivity (Wildman–Crippen MR) is 45.2 cm³/mol. The van der Waals surface area contributed by atoms with Crippen LogP contribution in [-0.2, 0) is 16.1 Å². The Bertz CT molecular complexity index is 374. The number of nitrogens with zero attached hydrogens (tertiary/aromatic N) is 2. The molecule has 2 atom stereocenters. The first kappa shape index (κ1) is 9.63. The Kier molecular flexibility index (Phi) is 2.36. The van der Waals surface area contributed by atoms with Crippen LogP contribution in [0, 0.1) is 16.0 Å². The van der Waals surface area contributed by atoms with Crippen LogP contribution < -0.4 is 0 Å². The fourth-order valence-electron chi connectivity index (χ4n) is 1.23. The molecular weight excluding hydrogens is 204 g/mol. The number of ether oxygens (including phenoxy) is 1. The summed E-state index contributed by atoms with van der Waals surface area (Å²) in [5.41, 5.74) is 0.